The van der Waals surface area contributed by atoms with Gasteiger partial charge < -0.3 is 18.6 Å². The van der Waals surface area contributed by atoms with Crippen molar-refractivity contribution in [2.45, 2.75) is 32.9 Å². The number of ether oxygens (including phenoxy) is 2. The van der Waals surface area contributed by atoms with Crippen molar-refractivity contribution in [2.24, 2.45) is 7.05 Å². The number of fused-ring (bicyclic) bond motifs is 3. The minimum absolute atomic E-state index is 0.115. The highest BCUT2D eigenvalue weighted by atomic mass is 19.1. The fraction of sp³-hybridized carbons (Fsp3) is 0.320. The van der Waals surface area contributed by atoms with E-state index >= 15 is 0 Å². The van der Waals surface area contributed by atoms with E-state index in [-0.39, 0.29) is 18.1 Å². The van der Waals surface area contributed by atoms with Crippen molar-refractivity contribution >= 4 is 45.6 Å². The van der Waals surface area contributed by atoms with Crippen LogP contribution in [0, 0.1) is 12.4 Å². The highest BCUT2D eigenvalue weighted by Gasteiger charge is 2.27. The quantitative estimate of drug-likeness (QED) is 0.299. The van der Waals surface area contributed by atoms with Crippen molar-refractivity contribution in [3.8, 4) is 11.3 Å². The van der Waals surface area contributed by atoms with Crippen molar-refractivity contribution < 1.29 is 23.5 Å². The fourth-order valence-electron chi connectivity index (χ4n) is 3.93. The molecule has 0 radical (unpaired) electrons. The molecule has 0 aliphatic rings. The maximum Gasteiger partial charge on any atom is 0.415 e. The molecule has 3 heterocycles. The second-order valence-corrected chi connectivity index (χ2v) is 9.27. The average Bonchev–Trinajstić information content (AvgIpc) is 3.37. The van der Waals surface area contributed by atoms with Crippen LogP contribution in [0.3, 0.4) is 0 Å². The van der Waals surface area contributed by atoms with E-state index in [1.807, 2.05) is 0 Å². The summed E-state index contributed by atoms with van der Waals surface area (Å²) >= 11 is 0. The molecule has 4 aromatic rings. The number of amides is 1. The lowest BCUT2D eigenvalue weighted by molar-refractivity contribution is -0.141. The largest absolute Gasteiger partial charge is 0.468 e. The first-order valence-electron chi connectivity index (χ1n) is 11.0. The SMILES string of the molecule is [C-]#[N+]c1cc(F)cc(-c2cc3c4c(ncn4C)c(N(C)C(=O)OC(C)(C)C)nc3n2CC(=O)OC)c1. The van der Waals surface area contributed by atoms with Crippen LogP contribution < -0.4 is 4.90 Å². The molecular formula is C25H25FN6O4. The van der Waals surface area contributed by atoms with Crippen molar-refractivity contribution in [1.82, 2.24) is 19.1 Å². The van der Waals surface area contributed by atoms with E-state index < -0.39 is 23.5 Å². The van der Waals surface area contributed by atoms with Crippen LogP contribution in [-0.2, 0) is 27.9 Å². The highest BCUT2D eigenvalue weighted by molar-refractivity contribution is 6.10. The summed E-state index contributed by atoms with van der Waals surface area (Å²) in [6.07, 6.45) is 0.967. The first-order chi connectivity index (χ1) is 16.9. The Balaban J connectivity index is 2.04. The van der Waals surface area contributed by atoms with Gasteiger partial charge in [0.1, 0.15) is 29.1 Å². The van der Waals surface area contributed by atoms with E-state index in [0.717, 1.165) is 6.07 Å². The van der Waals surface area contributed by atoms with Crippen LogP contribution in [0.4, 0.5) is 20.7 Å². The lowest BCUT2D eigenvalue weighted by Gasteiger charge is -2.24. The van der Waals surface area contributed by atoms with Crippen molar-refractivity contribution in [3.63, 3.8) is 0 Å². The number of rotatable bonds is 4. The molecular weight excluding hydrogens is 467 g/mol. The van der Waals surface area contributed by atoms with Crippen LogP contribution in [0.15, 0.2) is 30.6 Å². The average molecular weight is 493 g/mol. The topological polar surface area (TPSA) is 95.8 Å². The molecule has 0 N–H and O–H groups in total. The third kappa shape index (κ3) is 4.45. The Labute approximate surface area is 206 Å². The minimum Gasteiger partial charge on any atom is -0.468 e. The van der Waals surface area contributed by atoms with E-state index in [2.05, 4.69) is 9.83 Å². The van der Waals surface area contributed by atoms with Gasteiger partial charge in [0.05, 0.1) is 25.5 Å². The van der Waals surface area contributed by atoms with Gasteiger partial charge in [-0.05, 0) is 50.6 Å². The van der Waals surface area contributed by atoms with E-state index in [1.54, 1.807) is 49.3 Å². The molecule has 0 spiro atoms. The standard InChI is InChI=1S/C25H25FN6O4/c1-25(2,3)36-24(34)31(6)23-20-21(30(5)13-28-20)17-11-18(14-8-15(26)10-16(9-14)27-4)32(22(17)29-23)12-19(33)35-7/h8-11,13H,12H2,1-3,5-7H3. The number of halogens is 1. The van der Waals surface area contributed by atoms with Crippen LogP contribution in [-0.4, -0.2) is 50.9 Å². The van der Waals surface area contributed by atoms with Crippen LogP contribution >= 0.6 is 0 Å². The predicted octanol–water partition coefficient (Wildman–Crippen LogP) is 4.82. The number of hydrogen-bond acceptors (Lipinski definition) is 6. The van der Waals surface area contributed by atoms with E-state index in [9.17, 15) is 14.0 Å². The lowest BCUT2D eigenvalue weighted by Crippen LogP contribution is -2.34. The molecule has 3 aromatic heterocycles. The van der Waals surface area contributed by atoms with Gasteiger partial charge in [0, 0.05) is 25.2 Å². The van der Waals surface area contributed by atoms with E-state index in [1.165, 1.54) is 31.2 Å². The molecule has 0 bridgehead atoms. The Bertz CT molecular complexity index is 1560. The van der Waals surface area contributed by atoms with Gasteiger partial charge >= 0.3 is 12.1 Å². The normalized spacial score (nSPS) is 11.5. The van der Waals surface area contributed by atoms with Crippen molar-refractivity contribution in [2.75, 3.05) is 19.1 Å². The molecule has 0 saturated heterocycles. The third-order valence-electron chi connectivity index (χ3n) is 5.49. The molecule has 186 valence electrons. The maximum atomic E-state index is 14.3. The molecule has 0 aliphatic carbocycles. The molecule has 1 aromatic carbocycles. The van der Waals surface area contributed by atoms with E-state index in [4.69, 9.17) is 21.0 Å². The summed E-state index contributed by atoms with van der Waals surface area (Å²) in [6, 6.07) is 5.71. The summed E-state index contributed by atoms with van der Waals surface area (Å²) in [5.74, 6) is -0.911. The molecule has 1 amide bonds. The highest BCUT2D eigenvalue weighted by Crippen LogP contribution is 2.37. The van der Waals surface area contributed by atoms with Crippen molar-refractivity contribution in [1.29, 1.82) is 0 Å². The van der Waals surface area contributed by atoms with E-state index in [0.29, 0.717) is 33.3 Å². The van der Waals surface area contributed by atoms with Crippen LogP contribution in [0.1, 0.15) is 20.8 Å². The van der Waals surface area contributed by atoms with Crippen LogP contribution in [0.2, 0.25) is 0 Å². The van der Waals surface area contributed by atoms with Gasteiger partial charge in [0.25, 0.3) is 0 Å². The Kier molecular flexibility index (Phi) is 6.14. The summed E-state index contributed by atoms with van der Waals surface area (Å²) in [5, 5.41) is 0.624. The molecule has 4 rings (SSSR count). The second kappa shape index (κ2) is 8.96. The zero-order chi connectivity index (χ0) is 26.4. The van der Waals surface area contributed by atoms with Gasteiger partial charge in [-0.3, -0.25) is 9.69 Å². The number of nitrogens with zero attached hydrogens (tertiary/aromatic N) is 6. The number of hydrogen-bond donors (Lipinski definition) is 0. The first-order valence-corrected chi connectivity index (χ1v) is 11.0. The number of imidazole rings is 1. The van der Waals surface area contributed by atoms with Crippen LogP contribution in [0.5, 0.6) is 0 Å². The fourth-order valence-corrected chi connectivity index (χ4v) is 3.93. The summed E-state index contributed by atoms with van der Waals surface area (Å²) in [4.78, 5) is 39.0. The second-order valence-electron chi connectivity index (χ2n) is 9.27. The number of aromatic nitrogens is 4. The zero-order valence-electron chi connectivity index (χ0n) is 20.8. The van der Waals surface area contributed by atoms with Gasteiger partial charge in [0.2, 0.25) is 0 Å². The number of benzene rings is 1. The molecule has 0 atom stereocenters. The zero-order valence-corrected chi connectivity index (χ0v) is 20.8. The number of anilines is 1. The number of methoxy groups -OCH3 is 1. The van der Waals surface area contributed by atoms with Gasteiger partial charge in [-0.2, -0.15) is 0 Å². The summed E-state index contributed by atoms with van der Waals surface area (Å²) < 4.78 is 28.1. The lowest BCUT2D eigenvalue weighted by atomic mass is 10.1. The Morgan fingerprint density at radius 3 is 2.58 bits per heavy atom. The van der Waals surface area contributed by atoms with Gasteiger partial charge in [-0.1, -0.05) is 0 Å². The predicted molar refractivity (Wildman–Crippen MR) is 132 cm³/mol. The Morgan fingerprint density at radius 2 is 1.94 bits per heavy atom. The third-order valence-corrected chi connectivity index (χ3v) is 5.49. The number of aryl methyl sites for hydroxylation is 1. The number of pyridine rings is 1. The first kappa shape index (κ1) is 24.7. The molecule has 10 nitrogen and oxygen atoms in total. The number of carbonyl (C=O) groups is 2. The summed E-state index contributed by atoms with van der Waals surface area (Å²) in [5.41, 5.74) is 1.68. The van der Waals surface area contributed by atoms with Gasteiger partial charge in [0.15, 0.2) is 11.5 Å². The van der Waals surface area contributed by atoms with Crippen molar-refractivity contribution in [3.05, 3.63) is 47.8 Å². The summed E-state index contributed by atoms with van der Waals surface area (Å²) in [7, 11) is 4.59. The molecule has 0 aliphatic heterocycles. The van der Waals surface area contributed by atoms with Gasteiger partial charge in [-0.15, -0.1) is 0 Å². The van der Waals surface area contributed by atoms with Crippen LogP contribution in [0.25, 0.3) is 38.2 Å². The van der Waals surface area contributed by atoms with Gasteiger partial charge in [-0.25, -0.2) is 24.0 Å². The monoisotopic (exact) mass is 492 g/mol. The molecule has 0 unspecified atom stereocenters. The summed E-state index contributed by atoms with van der Waals surface area (Å²) in [6.45, 7) is 12.3. The smallest absolute Gasteiger partial charge is 0.415 e. The molecule has 36 heavy (non-hydrogen) atoms. The molecule has 0 saturated carbocycles. The minimum atomic E-state index is -0.727. The number of carbonyl (C=O) groups excluding carboxylic acids is 2. The molecule has 11 heteroatoms. The number of esters is 1. The Hall–Kier alpha value is -4.46. The maximum absolute atomic E-state index is 14.3. The molecule has 0 fully saturated rings. The Morgan fingerprint density at radius 1 is 1.22 bits per heavy atom.